The van der Waals surface area contributed by atoms with Crippen LogP contribution in [0.25, 0.3) is 0 Å². The molecule has 0 aliphatic carbocycles. The lowest BCUT2D eigenvalue weighted by Crippen LogP contribution is -2.28. The molecule has 2 N–H and O–H groups in total. The van der Waals surface area contributed by atoms with Crippen LogP contribution in [0.15, 0.2) is 78.0 Å². The normalized spacial score (nSPS) is 10.9. The number of urea groups is 1. The van der Waals surface area contributed by atoms with Crippen molar-refractivity contribution in [3.05, 3.63) is 84.2 Å². The van der Waals surface area contributed by atoms with E-state index in [1.54, 1.807) is 54.9 Å². The predicted octanol–water partition coefficient (Wildman–Crippen LogP) is 3.39. The van der Waals surface area contributed by atoms with Gasteiger partial charge in [0.15, 0.2) is 9.84 Å². The van der Waals surface area contributed by atoms with Crippen LogP contribution in [0.4, 0.5) is 10.5 Å². The van der Waals surface area contributed by atoms with Gasteiger partial charge in [0.25, 0.3) is 0 Å². The van der Waals surface area contributed by atoms with Gasteiger partial charge in [0, 0.05) is 24.6 Å². The van der Waals surface area contributed by atoms with Gasteiger partial charge < -0.3 is 15.4 Å². The minimum atomic E-state index is -3.51. The maximum absolute atomic E-state index is 12.6. The summed E-state index contributed by atoms with van der Waals surface area (Å²) in [4.78, 5) is 16.1. The minimum absolute atomic E-state index is 0.144. The summed E-state index contributed by atoms with van der Waals surface area (Å²) in [6.45, 7) is 0.380. The summed E-state index contributed by atoms with van der Waals surface area (Å²) in [7, 11) is -2.02. The number of anilines is 1. The molecule has 0 aliphatic rings. The SMILES string of the molecule is COc1cccc(S(=O)(=O)Cc2ccc(NC(=O)NCc3ccncc3)cc2)c1. The first kappa shape index (κ1) is 20.3. The Kier molecular flexibility index (Phi) is 6.46. The number of aromatic nitrogens is 1. The summed E-state index contributed by atoms with van der Waals surface area (Å²) < 4.78 is 30.3. The fourth-order valence-corrected chi connectivity index (χ4v) is 4.02. The standard InChI is InChI=1S/C21H21N3O4S/c1-28-19-3-2-4-20(13-19)29(26,27)15-17-5-7-18(8-6-17)24-21(25)23-14-16-9-11-22-12-10-16/h2-13H,14-15H2,1H3,(H2,23,24,25). The molecule has 0 radical (unpaired) electrons. The number of rotatable bonds is 7. The number of nitrogens with zero attached hydrogens (tertiary/aromatic N) is 1. The highest BCUT2D eigenvalue weighted by molar-refractivity contribution is 7.90. The van der Waals surface area contributed by atoms with E-state index in [-0.39, 0.29) is 16.7 Å². The lowest BCUT2D eigenvalue weighted by molar-refractivity contribution is 0.251. The van der Waals surface area contributed by atoms with E-state index in [1.807, 2.05) is 12.1 Å². The summed E-state index contributed by atoms with van der Waals surface area (Å²) in [5.41, 5.74) is 2.13. The summed E-state index contributed by atoms with van der Waals surface area (Å²) >= 11 is 0. The lowest BCUT2D eigenvalue weighted by Gasteiger charge is -2.09. The first-order valence-corrected chi connectivity index (χ1v) is 10.5. The first-order chi connectivity index (χ1) is 14.0. The molecule has 7 nitrogen and oxygen atoms in total. The summed E-state index contributed by atoms with van der Waals surface area (Å²) in [5, 5.41) is 5.46. The van der Waals surface area contributed by atoms with Crippen LogP contribution < -0.4 is 15.4 Å². The van der Waals surface area contributed by atoms with Crippen molar-refractivity contribution in [2.24, 2.45) is 0 Å². The van der Waals surface area contributed by atoms with Crippen molar-refractivity contribution < 1.29 is 17.9 Å². The van der Waals surface area contributed by atoms with Crippen LogP contribution in [0.5, 0.6) is 5.75 Å². The molecule has 2 amide bonds. The van der Waals surface area contributed by atoms with Crippen LogP contribution in [0.1, 0.15) is 11.1 Å². The number of methoxy groups -OCH3 is 1. The molecule has 0 bridgehead atoms. The molecule has 3 aromatic rings. The number of hydrogen-bond donors (Lipinski definition) is 2. The number of pyridine rings is 1. The van der Waals surface area contributed by atoms with Gasteiger partial charge in [-0.2, -0.15) is 0 Å². The van der Waals surface area contributed by atoms with E-state index in [0.717, 1.165) is 5.56 Å². The van der Waals surface area contributed by atoms with Crippen molar-refractivity contribution in [3.63, 3.8) is 0 Å². The fraction of sp³-hybridized carbons (Fsp3) is 0.143. The van der Waals surface area contributed by atoms with Crippen LogP contribution in [-0.4, -0.2) is 26.5 Å². The number of sulfone groups is 1. The smallest absolute Gasteiger partial charge is 0.319 e. The molecule has 150 valence electrons. The van der Waals surface area contributed by atoms with E-state index < -0.39 is 9.84 Å². The third-order valence-electron chi connectivity index (χ3n) is 4.17. The van der Waals surface area contributed by atoms with Gasteiger partial charge in [-0.15, -0.1) is 0 Å². The van der Waals surface area contributed by atoms with Crippen molar-refractivity contribution in [3.8, 4) is 5.75 Å². The van der Waals surface area contributed by atoms with Crippen molar-refractivity contribution in [1.82, 2.24) is 10.3 Å². The molecular formula is C21H21N3O4S. The number of benzene rings is 2. The molecular weight excluding hydrogens is 390 g/mol. The molecule has 0 fully saturated rings. The van der Waals surface area contributed by atoms with Crippen molar-refractivity contribution in [2.75, 3.05) is 12.4 Å². The highest BCUT2D eigenvalue weighted by Crippen LogP contribution is 2.21. The molecule has 8 heteroatoms. The van der Waals surface area contributed by atoms with Crippen molar-refractivity contribution in [2.45, 2.75) is 17.2 Å². The fourth-order valence-electron chi connectivity index (χ4n) is 2.64. The molecule has 1 heterocycles. The third-order valence-corrected chi connectivity index (χ3v) is 5.86. The van der Waals surface area contributed by atoms with Crippen LogP contribution in [0.2, 0.25) is 0 Å². The summed E-state index contributed by atoms with van der Waals surface area (Å²) in [6.07, 6.45) is 3.32. The number of ether oxygens (including phenoxy) is 1. The van der Waals surface area contributed by atoms with Gasteiger partial charge >= 0.3 is 6.03 Å². The van der Waals surface area contributed by atoms with Gasteiger partial charge in [0.1, 0.15) is 5.75 Å². The first-order valence-electron chi connectivity index (χ1n) is 8.86. The van der Waals surface area contributed by atoms with Gasteiger partial charge in [-0.05, 0) is 53.6 Å². The van der Waals surface area contributed by atoms with E-state index in [4.69, 9.17) is 4.74 Å². The Bertz CT molecular complexity index is 1070. The van der Waals surface area contributed by atoms with Crippen molar-refractivity contribution in [1.29, 1.82) is 0 Å². The molecule has 0 saturated heterocycles. The molecule has 29 heavy (non-hydrogen) atoms. The predicted molar refractivity (Wildman–Crippen MR) is 110 cm³/mol. The zero-order valence-corrected chi connectivity index (χ0v) is 16.6. The van der Waals surface area contributed by atoms with Gasteiger partial charge in [-0.3, -0.25) is 4.98 Å². The minimum Gasteiger partial charge on any atom is -0.497 e. The number of carbonyl (C=O) groups is 1. The quantitative estimate of drug-likeness (QED) is 0.621. The Morgan fingerprint density at radius 3 is 2.41 bits per heavy atom. The number of carbonyl (C=O) groups excluding carboxylic acids is 1. The van der Waals surface area contributed by atoms with Gasteiger partial charge in [0.2, 0.25) is 0 Å². The Balaban J connectivity index is 1.58. The van der Waals surface area contributed by atoms with E-state index in [0.29, 0.717) is 23.5 Å². The monoisotopic (exact) mass is 411 g/mol. The third kappa shape index (κ3) is 5.79. The van der Waals surface area contributed by atoms with E-state index >= 15 is 0 Å². The lowest BCUT2D eigenvalue weighted by atomic mass is 10.2. The molecule has 3 rings (SSSR count). The van der Waals surface area contributed by atoms with Gasteiger partial charge in [0.05, 0.1) is 17.8 Å². The zero-order valence-electron chi connectivity index (χ0n) is 15.8. The topological polar surface area (TPSA) is 97.4 Å². The van der Waals surface area contributed by atoms with Crippen LogP contribution in [0, 0.1) is 0 Å². The van der Waals surface area contributed by atoms with Gasteiger partial charge in [-0.25, -0.2) is 13.2 Å². The second-order valence-electron chi connectivity index (χ2n) is 6.30. The average Bonchev–Trinajstić information content (AvgIpc) is 2.74. The highest BCUT2D eigenvalue weighted by Gasteiger charge is 2.16. The largest absolute Gasteiger partial charge is 0.497 e. The second-order valence-corrected chi connectivity index (χ2v) is 8.29. The Labute approximate surface area is 169 Å². The average molecular weight is 411 g/mol. The molecule has 2 aromatic carbocycles. The van der Waals surface area contributed by atoms with E-state index in [9.17, 15) is 13.2 Å². The number of nitrogens with one attached hydrogen (secondary N) is 2. The maximum atomic E-state index is 12.6. The second kappa shape index (κ2) is 9.20. The summed E-state index contributed by atoms with van der Waals surface area (Å²) in [5.74, 6) is 0.345. The maximum Gasteiger partial charge on any atom is 0.319 e. The Hall–Kier alpha value is -3.39. The molecule has 0 saturated carbocycles. The van der Waals surface area contributed by atoms with E-state index in [1.165, 1.54) is 13.2 Å². The highest BCUT2D eigenvalue weighted by atomic mass is 32.2. The van der Waals surface area contributed by atoms with Crippen LogP contribution in [0.3, 0.4) is 0 Å². The summed E-state index contributed by atoms with van der Waals surface area (Å²) in [6, 6.07) is 16.4. The van der Waals surface area contributed by atoms with Crippen LogP contribution >= 0.6 is 0 Å². The molecule has 0 unspecified atom stereocenters. The van der Waals surface area contributed by atoms with Crippen LogP contribution in [-0.2, 0) is 22.1 Å². The molecule has 0 atom stereocenters. The molecule has 0 aliphatic heterocycles. The number of hydrogen-bond acceptors (Lipinski definition) is 5. The molecule has 1 aromatic heterocycles. The molecule has 0 spiro atoms. The van der Waals surface area contributed by atoms with Gasteiger partial charge in [-0.1, -0.05) is 18.2 Å². The Morgan fingerprint density at radius 2 is 1.72 bits per heavy atom. The Morgan fingerprint density at radius 1 is 1.00 bits per heavy atom. The van der Waals surface area contributed by atoms with E-state index in [2.05, 4.69) is 15.6 Å². The number of amides is 2. The van der Waals surface area contributed by atoms with Crippen molar-refractivity contribution >= 4 is 21.6 Å². The zero-order chi connectivity index (χ0) is 20.7.